The van der Waals surface area contributed by atoms with Crippen molar-refractivity contribution in [2.24, 2.45) is 0 Å². The summed E-state index contributed by atoms with van der Waals surface area (Å²) in [4.78, 5) is 11.9. The lowest BCUT2D eigenvalue weighted by molar-refractivity contribution is 0.0928. The summed E-state index contributed by atoms with van der Waals surface area (Å²) in [5.74, 6) is -0.0817. The lowest BCUT2D eigenvalue weighted by atomic mass is 10.2. The molecule has 2 unspecified atom stereocenters. The monoisotopic (exact) mass is 280 g/mol. The number of carbonyl (C=O) groups is 1. The van der Waals surface area contributed by atoms with E-state index in [-0.39, 0.29) is 16.9 Å². The molecule has 0 saturated heterocycles. The molecule has 3 N–H and O–H groups in total. The van der Waals surface area contributed by atoms with Gasteiger partial charge in [0, 0.05) is 39.9 Å². The molecule has 0 radical (unpaired) electrons. The molecule has 102 valence electrons. The number of furan rings is 1. The highest BCUT2D eigenvalue weighted by Gasteiger charge is 2.14. The van der Waals surface area contributed by atoms with Crippen molar-refractivity contribution in [2.75, 3.05) is 18.5 Å². The third kappa shape index (κ3) is 3.14. The van der Waals surface area contributed by atoms with Crippen LogP contribution in [-0.4, -0.2) is 28.2 Å². The van der Waals surface area contributed by atoms with Crippen LogP contribution in [0.25, 0.3) is 11.0 Å². The van der Waals surface area contributed by atoms with E-state index < -0.39 is 10.8 Å². The second-order valence-electron chi connectivity index (χ2n) is 4.43. The van der Waals surface area contributed by atoms with Crippen molar-refractivity contribution in [3.63, 3.8) is 0 Å². The molecule has 1 aromatic carbocycles. The first-order valence-corrected chi connectivity index (χ1v) is 7.49. The zero-order valence-electron chi connectivity index (χ0n) is 10.8. The van der Waals surface area contributed by atoms with Gasteiger partial charge in [0.2, 0.25) is 0 Å². The molecule has 0 aliphatic heterocycles. The van der Waals surface area contributed by atoms with E-state index in [9.17, 15) is 9.00 Å². The first kappa shape index (κ1) is 13.6. The molecule has 1 aromatic heterocycles. The summed E-state index contributed by atoms with van der Waals surface area (Å²) in [5.41, 5.74) is 6.90. The van der Waals surface area contributed by atoms with Crippen LogP contribution in [-0.2, 0) is 10.8 Å². The molecule has 5 nitrogen and oxygen atoms in total. The number of fused-ring (bicyclic) bond motifs is 1. The van der Waals surface area contributed by atoms with Gasteiger partial charge < -0.3 is 15.5 Å². The zero-order chi connectivity index (χ0) is 14.0. The number of nitrogen functional groups attached to an aromatic ring is 1. The van der Waals surface area contributed by atoms with E-state index in [0.29, 0.717) is 17.8 Å². The predicted molar refractivity (Wildman–Crippen MR) is 76.5 cm³/mol. The highest BCUT2D eigenvalue weighted by molar-refractivity contribution is 7.84. The fraction of sp³-hybridized carbons (Fsp3) is 0.308. The number of nitrogens with two attached hydrogens (primary N) is 1. The number of anilines is 1. The van der Waals surface area contributed by atoms with Crippen LogP contribution in [0.3, 0.4) is 0 Å². The van der Waals surface area contributed by atoms with Crippen LogP contribution in [0.15, 0.2) is 28.7 Å². The Bertz CT molecular complexity index is 636. The molecule has 2 aromatic rings. The average molecular weight is 280 g/mol. The Hall–Kier alpha value is -1.82. The van der Waals surface area contributed by atoms with Crippen molar-refractivity contribution >= 4 is 33.4 Å². The molecule has 0 spiro atoms. The van der Waals surface area contributed by atoms with Gasteiger partial charge in [-0.15, -0.1) is 0 Å². The van der Waals surface area contributed by atoms with Gasteiger partial charge in [0.25, 0.3) is 5.91 Å². The van der Waals surface area contributed by atoms with Crippen LogP contribution >= 0.6 is 0 Å². The summed E-state index contributed by atoms with van der Waals surface area (Å²) in [7, 11) is -0.963. The van der Waals surface area contributed by atoms with E-state index in [2.05, 4.69) is 5.32 Å². The summed E-state index contributed by atoms with van der Waals surface area (Å²) in [6.45, 7) is 2.16. The fourth-order valence-corrected chi connectivity index (χ4v) is 1.93. The molecule has 0 saturated carbocycles. The third-order valence-corrected chi connectivity index (χ3v) is 4.18. The van der Waals surface area contributed by atoms with Crippen molar-refractivity contribution in [1.29, 1.82) is 0 Å². The molecule has 0 bridgehead atoms. The van der Waals surface area contributed by atoms with Gasteiger partial charge in [-0.2, -0.15) is 0 Å². The van der Waals surface area contributed by atoms with E-state index in [1.165, 1.54) is 0 Å². The number of rotatable bonds is 4. The van der Waals surface area contributed by atoms with E-state index in [4.69, 9.17) is 10.2 Å². The Morgan fingerprint density at radius 3 is 2.89 bits per heavy atom. The smallest absolute Gasteiger partial charge is 0.287 e. The van der Waals surface area contributed by atoms with Crippen LogP contribution < -0.4 is 11.1 Å². The number of nitrogens with one attached hydrogen (secondary N) is 1. The summed E-state index contributed by atoms with van der Waals surface area (Å²) < 4.78 is 16.6. The zero-order valence-corrected chi connectivity index (χ0v) is 11.6. The minimum atomic E-state index is -0.963. The Morgan fingerprint density at radius 2 is 2.21 bits per heavy atom. The Labute approximate surface area is 113 Å². The summed E-state index contributed by atoms with van der Waals surface area (Å²) in [5, 5.41) is 3.39. The second kappa shape index (κ2) is 5.44. The second-order valence-corrected chi connectivity index (χ2v) is 6.23. The van der Waals surface area contributed by atoms with E-state index in [1.54, 1.807) is 30.5 Å². The number of hydrogen-bond donors (Lipinski definition) is 2. The maximum absolute atomic E-state index is 11.9. The molecule has 2 rings (SSSR count). The normalized spacial score (nSPS) is 14.2. The van der Waals surface area contributed by atoms with E-state index in [0.717, 1.165) is 5.39 Å². The molecular formula is C13H16N2O3S. The van der Waals surface area contributed by atoms with Crippen LogP contribution in [0.5, 0.6) is 0 Å². The van der Waals surface area contributed by atoms with Crippen molar-refractivity contribution < 1.29 is 13.4 Å². The predicted octanol–water partition coefficient (Wildman–Crippen LogP) is 1.51. The maximum atomic E-state index is 11.9. The molecule has 2 atom stereocenters. The minimum Gasteiger partial charge on any atom is -0.451 e. The van der Waals surface area contributed by atoms with E-state index >= 15 is 0 Å². The van der Waals surface area contributed by atoms with Gasteiger partial charge in [-0.1, -0.05) is 0 Å². The van der Waals surface area contributed by atoms with Gasteiger partial charge in [-0.3, -0.25) is 9.00 Å². The van der Waals surface area contributed by atoms with Gasteiger partial charge in [0.05, 0.1) is 0 Å². The first-order chi connectivity index (χ1) is 8.97. The molecular weight excluding hydrogens is 264 g/mol. The van der Waals surface area contributed by atoms with Gasteiger partial charge in [0.1, 0.15) is 5.58 Å². The minimum absolute atomic E-state index is 0.0935. The number of hydrogen-bond acceptors (Lipinski definition) is 4. The largest absolute Gasteiger partial charge is 0.451 e. The van der Waals surface area contributed by atoms with E-state index in [1.807, 2.05) is 6.92 Å². The van der Waals surface area contributed by atoms with Crippen LogP contribution in [0, 0.1) is 0 Å². The van der Waals surface area contributed by atoms with Crippen LogP contribution in [0.4, 0.5) is 5.69 Å². The number of benzene rings is 1. The molecule has 19 heavy (non-hydrogen) atoms. The number of amides is 1. The topological polar surface area (TPSA) is 85.3 Å². The molecule has 6 heteroatoms. The Morgan fingerprint density at radius 1 is 1.47 bits per heavy atom. The molecule has 0 aliphatic carbocycles. The fourth-order valence-electron chi connectivity index (χ4n) is 1.61. The lowest BCUT2D eigenvalue weighted by Crippen LogP contribution is -2.32. The van der Waals surface area contributed by atoms with Crippen molar-refractivity contribution in [1.82, 2.24) is 5.32 Å². The highest BCUT2D eigenvalue weighted by Crippen LogP contribution is 2.21. The quantitative estimate of drug-likeness (QED) is 0.831. The van der Waals surface area contributed by atoms with Gasteiger partial charge in [-0.25, -0.2) is 0 Å². The molecule has 0 aliphatic rings. The number of carbonyl (C=O) groups excluding carboxylic acids is 1. The lowest BCUT2D eigenvalue weighted by Gasteiger charge is -2.08. The highest BCUT2D eigenvalue weighted by atomic mass is 32.2. The van der Waals surface area contributed by atoms with Crippen molar-refractivity contribution in [3.8, 4) is 0 Å². The Kier molecular flexibility index (Phi) is 3.90. The summed E-state index contributed by atoms with van der Waals surface area (Å²) in [6, 6.07) is 6.84. The summed E-state index contributed by atoms with van der Waals surface area (Å²) in [6.07, 6.45) is 1.61. The molecule has 0 fully saturated rings. The maximum Gasteiger partial charge on any atom is 0.287 e. The summed E-state index contributed by atoms with van der Waals surface area (Å²) >= 11 is 0. The van der Waals surface area contributed by atoms with Gasteiger partial charge in [0.15, 0.2) is 5.76 Å². The molecule has 1 heterocycles. The Balaban J connectivity index is 2.11. The SMILES string of the molecule is CC(CNC(=O)c1cc2cc(N)ccc2o1)S(C)=O. The van der Waals surface area contributed by atoms with Gasteiger partial charge >= 0.3 is 0 Å². The standard InChI is InChI=1S/C13H16N2O3S/c1-8(19(2)17)7-15-13(16)12-6-9-5-10(14)3-4-11(9)18-12/h3-6,8H,7,14H2,1-2H3,(H,15,16). The van der Waals surface area contributed by atoms with Gasteiger partial charge in [-0.05, 0) is 31.2 Å². The van der Waals surface area contributed by atoms with Crippen LogP contribution in [0.1, 0.15) is 17.5 Å². The third-order valence-electron chi connectivity index (χ3n) is 2.88. The van der Waals surface area contributed by atoms with Crippen molar-refractivity contribution in [2.45, 2.75) is 12.2 Å². The molecule has 1 amide bonds. The first-order valence-electron chi connectivity index (χ1n) is 5.87. The van der Waals surface area contributed by atoms with Crippen LogP contribution in [0.2, 0.25) is 0 Å². The van der Waals surface area contributed by atoms with Crippen molar-refractivity contribution in [3.05, 3.63) is 30.0 Å². The average Bonchev–Trinajstić information content (AvgIpc) is 2.78.